The number of anilines is 2. The summed E-state index contributed by atoms with van der Waals surface area (Å²) in [6.07, 6.45) is 2.57. The van der Waals surface area contributed by atoms with Gasteiger partial charge in [-0.2, -0.15) is 0 Å². The van der Waals surface area contributed by atoms with Crippen molar-refractivity contribution in [2.24, 2.45) is 0 Å². The zero-order valence-electron chi connectivity index (χ0n) is 14.7. The van der Waals surface area contributed by atoms with Gasteiger partial charge in [0.15, 0.2) is 6.61 Å². The lowest BCUT2D eigenvalue weighted by Gasteiger charge is -2.09. The third-order valence-electron chi connectivity index (χ3n) is 3.80. The van der Waals surface area contributed by atoms with Crippen LogP contribution in [0.5, 0.6) is 5.75 Å². The van der Waals surface area contributed by atoms with Crippen molar-refractivity contribution >= 4 is 29.0 Å². The van der Waals surface area contributed by atoms with Crippen LogP contribution in [0.1, 0.15) is 5.56 Å². The zero-order chi connectivity index (χ0) is 18.9. The van der Waals surface area contributed by atoms with E-state index in [9.17, 15) is 4.79 Å². The Morgan fingerprint density at radius 2 is 1.78 bits per heavy atom. The van der Waals surface area contributed by atoms with Crippen molar-refractivity contribution in [3.05, 3.63) is 83.5 Å². The van der Waals surface area contributed by atoms with Gasteiger partial charge in [-0.15, -0.1) is 0 Å². The van der Waals surface area contributed by atoms with E-state index in [-0.39, 0.29) is 12.5 Å². The van der Waals surface area contributed by atoms with Gasteiger partial charge in [0, 0.05) is 11.6 Å². The molecule has 27 heavy (non-hydrogen) atoms. The Hall–Kier alpha value is -3.05. The van der Waals surface area contributed by atoms with Crippen LogP contribution in [0.25, 0.3) is 0 Å². The number of carbonyl (C=O) groups is 1. The summed E-state index contributed by atoms with van der Waals surface area (Å²) < 4.78 is 5.41. The van der Waals surface area contributed by atoms with Gasteiger partial charge in [-0.1, -0.05) is 41.9 Å². The Balaban J connectivity index is 1.41. The summed E-state index contributed by atoms with van der Waals surface area (Å²) in [6.45, 7) is 0.715. The van der Waals surface area contributed by atoms with Crippen molar-refractivity contribution in [1.82, 2.24) is 4.98 Å². The molecule has 0 atom stereocenters. The Bertz CT molecular complexity index is 853. The van der Waals surface area contributed by atoms with Crippen molar-refractivity contribution in [3.8, 4) is 5.75 Å². The fourth-order valence-electron chi connectivity index (χ4n) is 2.42. The smallest absolute Gasteiger partial charge is 0.263 e. The third-order valence-corrected chi connectivity index (χ3v) is 4.05. The van der Waals surface area contributed by atoms with Gasteiger partial charge in [-0.3, -0.25) is 4.79 Å². The van der Waals surface area contributed by atoms with Crippen LogP contribution in [0.15, 0.2) is 72.9 Å². The number of benzene rings is 2. The molecule has 138 valence electrons. The standard InChI is InChI=1S/C21H20ClN3O2/c22-17-8-6-16(7-9-17)12-13-23-18-10-11-20(24-14-18)25-21(26)15-27-19-4-2-1-3-5-19/h1-11,14,23H,12-13,15H2,(H,24,25,26). The molecule has 6 heteroatoms. The number of nitrogens with one attached hydrogen (secondary N) is 2. The summed E-state index contributed by atoms with van der Waals surface area (Å²) in [6, 6.07) is 20.6. The van der Waals surface area contributed by atoms with Gasteiger partial charge >= 0.3 is 0 Å². The minimum atomic E-state index is -0.255. The highest BCUT2D eigenvalue weighted by atomic mass is 35.5. The van der Waals surface area contributed by atoms with E-state index in [0.717, 1.165) is 23.7 Å². The Labute approximate surface area is 163 Å². The minimum Gasteiger partial charge on any atom is -0.484 e. The molecule has 3 rings (SSSR count). The van der Waals surface area contributed by atoms with E-state index < -0.39 is 0 Å². The predicted octanol–water partition coefficient (Wildman–Crippen LogP) is 4.41. The predicted molar refractivity (Wildman–Crippen MR) is 108 cm³/mol. The molecule has 0 aliphatic rings. The highest BCUT2D eigenvalue weighted by molar-refractivity contribution is 6.30. The van der Waals surface area contributed by atoms with Crippen LogP contribution >= 0.6 is 11.6 Å². The number of halogens is 1. The second-order valence-corrected chi connectivity index (χ2v) is 6.32. The maximum absolute atomic E-state index is 11.9. The average molecular weight is 382 g/mol. The molecule has 0 radical (unpaired) electrons. The summed E-state index contributed by atoms with van der Waals surface area (Å²) in [5.74, 6) is 0.885. The number of para-hydroxylation sites is 1. The fourth-order valence-corrected chi connectivity index (χ4v) is 2.55. The van der Waals surface area contributed by atoms with Crippen LogP contribution in [0.2, 0.25) is 5.02 Å². The number of pyridine rings is 1. The SMILES string of the molecule is O=C(COc1ccccc1)Nc1ccc(NCCc2ccc(Cl)cc2)cn1. The number of hydrogen-bond donors (Lipinski definition) is 2. The number of aromatic nitrogens is 1. The number of rotatable bonds is 8. The van der Waals surface area contributed by atoms with Crippen molar-refractivity contribution in [2.75, 3.05) is 23.8 Å². The lowest BCUT2D eigenvalue weighted by molar-refractivity contribution is -0.118. The normalized spacial score (nSPS) is 10.3. The molecule has 5 nitrogen and oxygen atoms in total. The molecular weight excluding hydrogens is 362 g/mol. The van der Waals surface area contributed by atoms with Gasteiger partial charge in [0.25, 0.3) is 5.91 Å². The van der Waals surface area contributed by atoms with Crippen LogP contribution in [0.4, 0.5) is 11.5 Å². The summed E-state index contributed by atoms with van der Waals surface area (Å²) in [5, 5.41) is 6.75. The van der Waals surface area contributed by atoms with E-state index in [4.69, 9.17) is 16.3 Å². The molecule has 0 saturated heterocycles. The number of nitrogens with zero attached hydrogens (tertiary/aromatic N) is 1. The van der Waals surface area contributed by atoms with Crippen LogP contribution in [0, 0.1) is 0 Å². The van der Waals surface area contributed by atoms with Crippen molar-refractivity contribution in [1.29, 1.82) is 0 Å². The van der Waals surface area contributed by atoms with E-state index in [1.807, 2.05) is 48.5 Å². The Morgan fingerprint density at radius 3 is 2.48 bits per heavy atom. The highest BCUT2D eigenvalue weighted by Gasteiger charge is 2.05. The van der Waals surface area contributed by atoms with Gasteiger partial charge in [0.2, 0.25) is 0 Å². The second kappa shape index (κ2) is 9.59. The van der Waals surface area contributed by atoms with Crippen LogP contribution in [-0.4, -0.2) is 24.0 Å². The molecule has 2 aromatic carbocycles. The second-order valence-electron chi connectivity index (χ2n) is 5.89. The molecule has 1 amide bonds. The van der Waals surface area contributed by atoms with E-state index in [1.165, 1.54) is 5.56 Å². The highest BCUT2D eigenvalue weighted by Crippen LogP contribution is 2.13. The molecule has 0 unspecified atom stereocenters. The summed E-state index contributed by atoms with van der Waals surface area (Å²) >= 11 is 5.88. The third kappa shape index (κ3) is 6.31. The van der Waals surface area contributed by atoms with Crippen LogP contribution in [0.3, 0.4) is 0 Å². The fraction of sp³-hybridized carbons (Fsp3) is 0.143. The van der Waals surface area contributed by atoms with Gasteiger partial charge < -0.3 is 15.4 Å². The van der Waals surface area contributed by atoms with E-state index in [1.54, 1.807) is 24.4 Å². The Morgan fingerprint density at radius 1 is 1.00 bits per heavy atom. The first-order valence-corrected chi connectivity index (χ1v) is 8.99. The number of amides is 1. The molecule has 0 spiro atoms. The van der Waals surface area contributed by atoms with E-state index in [2.05, 4.69) is 15.6 Å². The van der Waals surface area contributed by atoms with E-state index in [0.29, 0.717) is 11.6 Å². The summed E-state index contributed by atoms with van der Waals surface area (Å²) in [7, 11) is 0. The molecule has 2 N–H and O–H groups in total. The molecule has 0 aliphatic heterocycles. The lowest BCUT2D eigenvalue weighted by Crippen LogP contribution is -2.20. The van der Waals surface area contributed by atoms with Gasteiger partial charge in [-0.05, 0) is 48.4 Å². The molecule has 0 bridgehead atoms. The monoisotopic (exact) mass is 381 g/mol. The first-order valence-electron chi connectivity index (χ1n) is 8.61. The van der Waals surface area contributed by atoms with Gasteiger partial charge in [-0.25, -0.2) is 4.98 Å². The number of ether oxygens (including phenoxy) is 1. The molecular formula is C21H20ClN3O2. The van der Waals surface area contributed by atoms with Gasteiger partial charge in [0.1, 0.15) is 11.6 Å². The van der Waals surface area contributed by atoms with Crippen molar-refractivity contribution < 1.29 is 9.53 Å². The first-order chi connectivity index (χ1) is 13.2. The summed E-state index contributed by atoms with van der Waals surface area (Å²) in [4.78, 5) is 16.2. The Kier molecular flexibility index (Phi) is 6.66. The van der Waals surface area contributed by atoms with E-state index >= 15 is 0 Å². The van der Waals surface area contributed by atoms with Crippen LogP contribution in [-0.2, 0) is 11.2 Å². The quantitative estimate of drug-likeness (QED) is 0.606. The molecule has 1 aromatic heterocycles. The zero-order valence-corrected chi connectivity index (χ0v) is 15.4. The largest absolute Gasteiger partial charge is 0.484 e. The average Bonchev–Trinajstić information content (AvgIpc) is 2.70. The number of hydrogen-bond acceptors (Lipinski definition) is 4. The molecule has 3 aromatic rings. The maximum atomic E-state index is 11.9. The molecule has 0 fully saturated rings. The van der Waals surface area contributed by atoms with Crippen LogP contribution < -0.4 is 15.4 Å². The van der Waals surface area contributed by atoms with Gasteiger partial charge in [0.05, 0.1) is 11.9 Å². The number of carbonyl (C=O) groups excluding carboxylic acids is 1. The minimum absolute atomic E-state index is 0.0627. The van der Waals surface area contributed by atoms with Crippen molar-refractivity contribution in [2.45, 2.75) is 6.42 Å². The molecule has 1 heterocycles. The topological polar surface area (TPSA) is 63.2 Å². The first kappa shape index (κ1) is 18.7. The molecule has 0 saturated carbocycles. The lowest BCUT2D eigenvalue weighted by atomic mass is 10.1. The summed E-state index contributed by atoms with van der Waals surface area (Å²) in [5.41, 5.74) is 2.10. The van der Waals surface area contributed by atoms with Crippen molar-refractivity contribution in [3.63, 3.8) is 0 Å². The molecule has 0 aliphatic carbocycles. The maximum Gasteiger partial charge on any atom is 0.263 e.